The van der Waals surface area contributed by atoms with Gasteiger partial charge in [-0.2, -0.15) is 0 Å². The van der Waals surface area contributed by atoms with Gasteiger partial charge in [-0.25, -0.2) is 0 Å². The van der Waals surface area contributed by atoms with Crippen molar-refractivity contribution in [2.24, 2.45) is 0 Å². The minimum absolute atomic E-state index is 0.806. The fraction of sp³-hybridized carbons (Fsp3) is 0.0833. The minimum atomic E-state index is 0.806. The molecule has 68 valence electrons. The van der Waals surface area contributed by atoms with Crippen LogP contribution in [0.25, 0.3) is 11.1 Å². The van der Waals surface area contributed by atoms with Crippen LogP contribution in [0.4, 0.5) is 0 Å². The molecule has 0 amide bonds. The number of hydrogen-bond donors (Lipinski definition) is 0. The molecule has 2 heteroatoms. The summed E-state index contributed by atoms with van der Waals surface area (Å²) >= 11 is 6.16. The van der Waals surface area contributed by atoms with Crippen LogP contribution in [0.1, 0.15) is 11.3 Å². The van der Waals surface area contributed by atoms with Crippen LogP contribution < -0.4 is 0 Å². The zero-order valence-electron chi connectivity index (χ0n) is 7.50. The van der Waals surface area contributed by atoms with Gasteiger partial charge in [0.05, 0.1) is 10.7 Å². The first-order chi connectivity index (χ1) is 6.86. The highest BCUT2D eigenvalue weighted by Crippen LogP contribution is 2.39. The van der Waals surface area contributed by atoms with E-state index < -0.39 is 0 Å². The second kappa shape index (κ2) is 2.82. The molecule has 0 N–H and O–H groups in total. The first-order valence-corrected chi connectivity index (χ1v) is 4.96. The second-order valence-corrected chi connectivity index (χ2v) is 3.86. The number of fused-ring (bicyclic) bond motifs is 3. The highest BCUT2D eigenvalue weighted by atomic mass is 35.5. The van der Waals surface area contributed by atoms with E-state index in [0.29, 0.717) is 0 Å². The summed E-state index contributed by atoms with van der Waals surface area (Å²) in [4.78, 5) is 4.35. The molecule has 1 nitrogen and oxygen atoms in total. The Balaban J connectivity index is 2.35. The molecular weight excluding hydrogens is 194 g/mol. The third kappa shape index (κ3) is 0.992. The molecule has 0 atom stereocenters. The summed E-state index contributed by atoms with van der Waals surface area (Å²) < 4.78 is 0. The van der Waals surface area contributed by atoms with Crippen LogP contribution in [0.5, 0.6) is 0 Å². The highest BCUT2D eigenvalue weighted by molar-refractivity contribution is 6.33. The number of pyridine rings is 1. The van der Waals surface area contributed by atoms with Crippen molar-refractivity contribution in [1.82, 2.24) is 4.98 Å². The molecule has 0 saturated heterocycles. The highest BCUT2D eigenvalue weighted by Gasteiger charge is 2.20. The molecule has 0 unspecified atom stereocenters. The average Bonchev–Trinajstić information content (AvgIpc) is 2.57. The molecule has 2 aromatic rings. The van der Waals surface area contributed by atoms with Crippen molar-refractivity contribution < 1.29 is 0 Å². The van der Waals surface area contributed by atoms with E-state index in [1.165, 1.54) is 11.1 Å². The quantitative estimate of drug-likeness (QED) is 0.544. The van der Waals surface area contributed by atoms with E-state index in [1.54, 1.807) is 6.20 Å². The lowest BCUT2D eigenvalue weighted by Crippen LogP contribution is -1.85. The van der Waals surface area contributed by atoms with Crippen molar-refractivity contribution in [2.45, 2.75) is 6.42 Å². The molecule has 3 rings (SSSR count). The smallest absolute Gasteiger partial charge is 0.0540 e. The summed E-state index contributed by atoms with van der Waals surface area (Å²) in [6.07, 6.45) is 2.68. The van der Waals surface area contributed by atoms with E-state index in [9.17, 15) is 0 Å². The van der Waals surface area contributed by atoms with Gasteiger partial charge in [0.1, 0.15) is 0 Å². The molecule has 0 saturated carbocycles. The molecule has 1 aromatic carbocycles. The van der Waals surface area contributed by atoms with E-state index in [1.807, 2.05) is 12.1 Å². The average molecular weight is 202 g/mol. The molecule has 1 aliphatic carbocycles. The van der Waals surface area contributed by atoms with Gasteiger partial charge in [0.15, 0.2) is 0 Å². The van der Waals surface area contributed by atoms with Crippen LogP contribution >= 0.6 is 11.6 Å². The summed E-state index contributed by atoms with van der Waals surface area (Å²) in [7, 11) is 0. The predicted molar refractivity (Wildman–Crippen MR) is 57.5 cm³/mol. The molecule has 1 aromatic heterocycles. The maximum absolute atomic E-state index is 6.16. The molecule has 0 spiro atoms. The molecule has 1 heterocycles. The SMILES string of the molecule is Clc1ccnc2c1-c1ccccc1C2. The van der Waals surface area contributed by atoms with Gasteiger partial charge in [-0.05, 0) is 17.2 Å². The first-order valence-electron chi connectivity index (χ1n) is 4.58. The number of aromatic nitrogens is 1. The van der Waals surface area contributed by atoms with E-state index >= 15 is 0 Å². The summed E-state index contributed by atoms with van der Waals surface area (Å²) in [5, 5.41) is 0.806. The fourth-order valence-corrected chi connectivity index (χ4v) is 2.26. The molecule has 0 bridgehead atoms. The molecular formula is C12H8ClN. The first kappa shape index (κ1) is 8.01. The molecule has 0 fully saturated rings. The molecule has 1 aliphatic rings. The van der Waals surface area contributed by atoms with Crippen molar-refractivity contribution in [1.29, 1.82) is 0 Å². The maximum atomic E-state index is 6.16. The van der Waals surface area contributed by atoms with E-state index in [0.717, 1.165) is 22.7 Å². The number of halogens is 1. The Bertz CT molecular complexity index is 505. The summed E-state index contributed by atoms with van der Waals surface area (Å²) in [5.41, 5.74) is 4.77. The van der Waals surface area contributed by atoms with Crippen molar-refractivity contribution >= 4 is 11.6 Å². The molecule has 14 heavy (non-hydrogen) atoms. The Morgan fingerprint density at radius 1 is 1.14 bits per heavy atom. The van der Waals surface area contributed by atoms with E-state index in [4.69, 9.17) is 11.6 Å². The molecule has 0 radical (unpaired) electrons. The van der Waals surface area contributed by atoms with Crippen molar-refractivity contribution in [3.8, 4) is 11.1 Å². The lowest BCUT2D eigenvalue weighted by Gasteiger charge is -2.01. The third-order valence-corrected chi connectivity index (χ3v) is 2.94. The largest absolute Gasteiger partial charge is 0.260 e. The predicted octanol–water partition coefficient (Wildman–Crippen LogP) is 3.31. The standard InChI is InChI=1S/C12H8ClN/c13-10-5-6-14-11-7-8-3-1-2-4-9(8)12(10)11/h1-6H,7H2. The summed E-state index contributed by atoms with van der Waals surface area (Å²) in [6.45, 7) is 0. The minimum Gasteiger partial charge on any atom is -0.260 e. The van der Waals surface area contributed by atoms with Gasteiger partial charge >= 0.3 is 0 Å². The van der Waals surface area contributed by atoms with Gasteiger partial charge in [0.2, 0.25) is 0 Å². The third-order valence-electron chi connectivity index (χ3n) is 2.62. The number of nitrogens with zero attached hydrogens (tertiary/aromatic N) is 1. The van der Waals surface area contributed by atoms with Crippen molar-refractivity contribution in [3.63, 3.8) is 0 Å². The Morgan fingerprint density at radius 3 is 2.93 bits per heavy atom. The van der Waals surface area contributed by atoms with Gasteiger partial charge in [-0.1, -0.05) is 35.9 Å². The van der Waals surface area contributed by atoms with Crippen molar-refractivity contribution in [2.75, 3.05) is 0 Å². The van der Waals surface area contributed by atoms with E-state index in [2.05, 4.69) is 23.2 Å². The maximum Gasteiger partial charge on any atom is 0.0540 e. The molecule has 0 aliphatic heterocycles. The van der Waals surface area contributed by atoms with Gasteiger partial charge in [0, 0.05) is 18.2 Å². The zero-order chi connectivity index (χ0) is 9.54. The second-order valence-electron chi connectivity index (χ2n) is 3.45. The Morgan fingerprint density at radius 2 is 2.00 bits per heavy atom. The lowest BCUT2D eigenvalue weighted by atomic mass is 10.1. The fourth-order valence-electron chi connectivity index (χ4n) is 2.00. The lowest BCUT2D eigenvalue weighted by molar-refractivity contribution is 1.12. The number of hydrogen-bond acceptors (Lipinski definition) is 1. The van der Waals surface area contributed by atoms with Gasteiger partial charge in [0.25, 0.3) is 0 Å². The summed E-state index contributed by atoms with van der Waals surface area (Å²) in [5.74, 6) is 0. The van der Waals surface area contributed by atoms with Crippen molar-refractivity contribution in [3.05, 3.63) is 52.8 Å². The van der Waals surface area contributed by atoms with Gasteiger partial charge in [-0.15, -0.1) is 0 Å². The van der Waals surface area contributed by atoms with Crippen LogP contribution in [0.3, 0.4) is 0 Å². The van der Waals surface area contributed by atoms with Crippen LogP contribution in [0.15, 0.2) is 36.5 Å². The number of benzene rings is 1. The van der Waals surface area contributed by atoms with Crippen LogP contribution in [0, 0.1) is 0 Å². The van der Waals surface area contributed by atoms with E-state index in [-0.39, 0.29) is 0 Å². The topological polar surface area (TPSA) is 12.9 Å². The monoisotopic (exact) mass is 201 g/mol. The van der Waals surface area contributed by atoms with Gasteiger partial charge < -0.3 is 0 Å². The van der Waals surface area contributed by atoms with Crippen LogP contribution in [-0.4, -0.2) is 4.98 Å². The number of rotatable bonds is 0. The Kier molecular flexibility index (Phi) is 1.62. The Labute approximate surface area is 87.4 Å². The van der Waals surface area contributed by atoms with Crippen LogP contribution in [0.2, 0.25) is 5.02 Å². The Hall–Kier alpha value is -1.34. The zero-order valence-corrected chi connectivity index (χ0v) is 8.25. The summed E-state index contributed by atoms with van der Waals surface area (Å²) in [6, 6.07) is 10.2. The van der Waals surface area contributed by atoms with Gasteiger partial charge in [-0.3, -0.25) is 4.98 Å². The van der Waals surface area contributed by atoms with Crippen LogP contribution in [-0.2, 0) is 6.42 Å². The normalized spacial score (nSPS) is 12.4.